The van der Waals surface area contributed by atoms with Gasteiger partial charge in [-0.2, -0.15) is 0 Å². The summed E-state index contributed by atoms with van der Waals surface area (Å²) in [6.07, 6.45) is 3.90. The molecule has 0 bridgehead atoms. The van der Waals surface area contributed by atoms with E-state index in [0.717, 1.165) is 0 Å². The van der Waals surface area contributed by atoms with Gasteiger partial charge in [0.25, 0.3) is 5.91 Å². The first-order valence-corrected chi connectivity index (χ1v) is 10.3. The number of primary amides is 1. The minimum atomic E-state index is -0.846. The average Bonchev–Trinajstić information content (AvgIpc) is 3.31. The highest BCUT2D eigenvalue weighted by Gasteiger charge is 2.41. The first-order valence-electron chi connectivity index (χ1n) is 10.3. The molecule has 0 spiro atoms. The number of hydrogen-bond acceptors (Lipinski definition) is 4. The fourth-order valence-electron chi connectivity index (χ4n) is 3.63. The third-order valence-corrected chi connectivity index (χ3v) is 5.14. The van der Waals surface area contributed by atoms with Crippen molar-refractivity contribution in [1.82, 2.24) is 25.4 Å². The molecule has 5 amide bonds. The van der Waals surface area contributed by atoms with E-state index in [-0.39, 0.29) is 24.8 Å². The van der Waals surface area contributed by atoms with Gasteiger partial charge >= 0.3 is 6.03 Å². The third-order valence-electron chi connectivity index (χ3n) is 5.14. The van der Waals surface area contributed by atoms with Crippen molar-refractivity contribution in [3.05, 3.63) is 36.7 Å². The Bertz CT molecular complexity index is 834. The topological polar surface area (TPSA) is 139 Å². The first kappa shape index (κ1) is 24.0. The minimum Gasteiger partial charge on any atom is -0.368 e. The molecule has 3 atom stereocenters. The molecule has 1 fully saturated rings. The fraction of sp³-hybridized carbons (Fsp3) is 0.524. The number of rotatable bonds is 9. The normalized spacial score (nSPS) is 19.0. The van der Waals surface area contributed by atoms with Gasteiger partial charge in [0.05, 0.1) is 6.04 Å². The molecule has 10 heteroatoms. The van der Waals surface area contributed by atoms with E-state index in [4.69, 9.17) is 5.73 Å². The summed E-state index contributed by atoms with van der Waals surface area (Å²) in [6, 6.07) is 0.889. The Morgan fingerprint density at radius 1 is 1.32 bits per heavy atom. The summed E-state index contributed by atoms with van der Waals surface area (Å²) < 4.78 is 1.67. The van der Waals surface area contributed by atoms with Crippen LogP contribution in [0.4, 0.5) is 4.79 Å². The molecule has 170 valence electrons. The van der Waals surface area contributed by atoms with Crippen LogP contribution in [-0.4, -0.2) is 64.4 Å². The highest BCUT2D eigenvalue weighted by atomic mass is 16.2. The Labute approximate surface area is 182 Å². The van der Waals surface area contributed by atoms with Gasteiger partial charge in [-0.25, -0.2) is 4.79 Å². The highest BCUT2D eigenvalue weighted by molar-refractivity contribution is 5.98. The second kappa shape index (κ2) is 10.6. The van der Waals surface area contributed by atoms with Crippen molar-refractivity contribution in [2.75, 3.05) is 13.1 Å². The zero-order valence-electron chi connectivity index (χ0n) is 18.3. The lowest BCUT2D eigenvalue weighted by atomic mass is 10.0. The molecule has 2 heterocycles. The molecule has 1 aromatic heterocycles. The Kier molecular flexibility index (Phi) is 8.23. The quantitative estimate of drug-likeness (QED) is 0.411. The number of nitrogens with one attached hydrogen (secondary N) is 3. The molecule has 1 aromatic rings. The maximum absolute atomic E-state index is 13.1. The molecule has 0 radical (unpaired) electrons. The van der Waals surface area contributed by atoms with Crippen LogP contribution in [0.2, 0.25) is 0 Å². The lowest BCUT2D eigenvalue weighted by molar-refractivity contribution is -0.130. The molecule has 2 rings (SSSR count). The molecule has 0 unspecified atom stereocenters. The van der Waals surface area contributed by atoms with E-state index < -0.39 is 36.0 Å². The highest BCUT2D eigenvalue weighted by Crippen LogP contribution is 2.22. The Balaban J connectivity index is 2.20. The first-order chi connectivity index (χ1) is 14.6. The van der Waals surface area contributed by atoms with Gasteiger partial charge in [0.2, 0.25) is 11.8 Å². The van der Waals surface area contributed by atoms with E-state index >= 15 is 0 Å². The predicted molar refractivity (Wildman–Crippen MR) is 116 cm³/mol. The van der Waals surface area contributed by atoms with Gasteiger partial charge in [-0.3, -0.25) is 14.4 Å². The minimum absolute atomic E-state index is 0.144. The number of carbonyl (C=O) groups excluding carboxylic acids is 4. The number of nitrogens with zero attached hydrogens (tertiary/aromatic N) is 2. The van der Waals surface area contributed by atoms with Crippen LogP contribution in [0.5, 0.6) is 0 Å². The Morgan fingerprint density at radius 2 is 2.03 bits per heavy atom. The van der Waals surface area contributed by atoms with Crippen LogP contribution >= 0.6 is 0 Å². The molecule has 1 aliphatic rings. The average molecular weight is 433 g/mol. The fourth-order valence-corrected chi connectivity index (χ4v) is 3.63. The van der Waals surface area contributed by atoms with Crippen LogP contribution in [-0.2, 0) is 16.6 Å². The Morgan fingerprint density at radius 3 is 2.58 bits per heavy atom. The lowest BCUT2D eigenvalue weighted by Crippen LogP contribution is -2.52. The third kappa shape index (κ3) is 6.34. The number of hydrogen-bond donors (Lipinski definition) is 4. The molecule has 0 aliphatic carbocycles. The summed E-state index contributed by atoms with van der Waals surface area (Å²) in [5.41, 5.74) is 5.87. The predicted octanol–water partition coefficient (Wildman–Crippen LogP) is 0.110. The summed E-state index contributed by atoms with van der Waals surface area (Å²) >= 11 is 0. The maximum Gasteiger partial charge on any atom is 0.315 e. The second-order valence-electron chi connectivity index (χ2n) is 8.15. The van der Waals surface area contributed by atoms with E-state index in [1.54, 1.807) is 36.0 Å². The van der Waals surface area contributed by atoms with Crippen LogP contribution in [0, 0.1) is 5.92 Å². The van der Waals surface area contributed by atoms with E-state index in [1.807, 2.05) is 13.8 Å². The van der Waals surface area contributed by atoms with Crippen molar-refractivity contribution in [2.24, 2.45) is 18.7 Å². The largest absolute Gasteiger partial charge is 0.368 e. The SMILES string of the molecule is C=CCNC(=O)N[C@H]1C[C@@H](C(=O)N[C@@H](CC(C)C)C(N)=O)N(C(=O)c2cccn2C)C1. The van der Waals surface area contributed by atoms with Crippen LogP contribution < -0.4 is 21.7 Å². The van der Waals surface area contributed by atoms with Crippen LogP contribution in [0.25, 0.3) is 0 Å². The van der Waals surface area contributed by atoms with Gasteiger partial charge < -0.3 is 31.2 Å². The number of nitrogens with two attached hydrogens (primary N) is 1. The van der Waals surface area contributed by atoms with Gasteiger partial charge in [0, 0.05) is 26.3 Å². The van der Waals surface area contributed by atoms with E-state index in [0.29, 0.717) is 18.7 Å². The van der Waals surface area contributed by atoms with Crippen molar-refractivity contribution >= 4 is 23.8 Å². The Hall–Kier alpha value is -3.30. The number of amides is 5. The maximum atomic E-state index is 13.1. The molecule has 31 heavy (non-hydrogen) atoms. The van der Waals surface area contributed by atoms with Crippen molar-refractivity contribution in [2.45, 2.75) is 44.8 Å². The van der Waals surface area contributed by atoms with Gasteiger partial charge in [0.1, 0.15) is 17.8 Å². The summed E-state index contributed by atoms with van der Waals surface area (Å²) in [6.45, 7) is 7.85. The zero-order chi connectivity index (χ0) is 23.1. The summed E-state index contributed by atoms with van der Waals surface area (Å²) in [5, 5.41) is 8.08. The zero-order valence-corrected chi connectivity index (χ0v) is 18.3. The smallest absolute Gasteiger partial charge is 0.315 e. The summed E-state index contributed by atoms with van der Waals surface area (Å²) in [4.78, 5) is 51.5. The van der Waals surface area contributed by atoms with Gasteiger partial charge in [-0.05, 0) is 30.9 Å². The molecule has 0 aromatic carbocycles. The van der Waals surface area contributed by atoms with Crippen LogP contribution in [0.3, 0.4) is 0 Å². The molecule has 1 saturated heterocycles. The lowest BCUT2D eigenvalue weighted by Gasteiger charge is -2.26. The molecular weight excluding hydrogens is 400 g/mol. The van der Waals surface area contributed by atoms with Crippen molar-refractivity contribution in [1.29, 1.82) is 0 Å². The molecule has 5 N–H and O–H groups in total. The summed E-state index contributed by atoms with van der Waals surface area (Å²) in [5.74, 6) is -1.28. The molecule has 0 saturated carbocycles. The van der Waals surface area contributed by atoms with E-state index in [1.165, 1.54) is 4.90 Å². The van der Waals surface area contributed by atoms with E-state index in [9.17, 15) is 19.2 Å². The van der Waals surface area contributed by atoms with Gasteiger partial charge in [-0.15, -0.1) is 6.58 Å². The van der Waals surface area contributed by atoms with Gasteiger partial charge in [-0.1, -0.05) is 19.9 Å². The molecule has 10 nitrogen and oxygen atoms in total. The molecular formula is C21H32N6O4. The number of carbonyl (C=O) groups is 4. The van der Waals surface area contributed by atoms with Crippen molar-refractivity contribution in [3.63, 3.8) is 0 Å². The standard InChI is InChI=1S/C21H32N6O4/c1-5-8-23-21(31)24-14-11-17(19(29)25-15(18(22)28)10-13(2)3)27(12-14)20(30)16-7-6-9-26(16)4/h5-7,9,13-15,17H,1,8,10-12H2,2-4H3,(H2,22,28)(H,25,29)(H2,23,24,31)/t14-,15-,17-/m0/s1. The number of urea groups is 1. The number of aryl methyl sites for hydroxylation is 1. The number of aromatic nitrogens is 1. The molecule has 1 aliphatic heterocycles. The van der Waals surface area contributed by atoms with Crippen molar-refractivity contribution in [3.8, 4) is 0 Å². The monoisotopic (exact) mass is 432 g/mol. The second-order valence-corrected chi connectivity index (χ2v) is 8.15. The summed E-state index contributed by atoms with van der Waals surface area (Å²) in [7, 11) is 1.74. The van der Waals surface area contributed by atoms with E-state index in [2.05, 4.69) is 22.5 Å². The van der Waals surface area contributed by atoms with Crippen LogP contribution in [0.15, 0.2) is 31.0 Å². The number of likely N-dealkylation sites (tertiary alicyclic amines) is 1. The van der Waals surface area contributed by atoms with Crippen LogP contribution in [0.1, 0.15) is 37.2 Å². The van der Waals surface area contributed by atoms with Crippen molar-refractivity contribution < 1.29 is 19.2 Å². The van der Waals surface area contributed by atoms with Gasteiger partial charge in [0.15, 0.2) is 0 Å².